The second-order valence-electron chi connectivity index (χ2n) is 7.42. The Labute approximate surface area is 152 Å². The fraction of sp³-hybridized carbons (Fsp3) is 0.526. The van der Waals surface area contributed by atoms with E-state index in [4.69, 9.17) is 0 Å². The van der Waals surface area contributed by atoms with E-state index in [0.29, 0.717) is 18.5 Å². The highest BCUT2D eigenvalue weighted by Crippen LogP contribution is 2.30. The molecule has 0 bridgehead atoms. The Balaban J connectivity index is 1.52. The first-order valence-electron chi connectivity index (χ1n) is 9.19. The first-order chi connectivity index (χ1) is 12.5. The lowest BCUT2D eigenvalue weighted by atomic mass is 10.0. The molecule has 0 aliphatic carbocycles. The molecule has 2 saturated heterocycles. The minimum absolute atomic E-state index is 0.102. The van der Waals surface area contributed by atoms with Crippen LogP contribution >= 0.6 is 0 Å². The van der Waals surface area contributed by atoms with Crippen molar-refractivity contribution in [1.82, 2.24) is 20.0 Å². The van der Waals surface area contributed by atoms with Crippen molar-refractivity contribution < 1.29 is 14.4 Å². The molecule has 1 unspecified atom stereocenters. The van der Waals surface area contributed by atoms with Crippen LogP contribution in [0.1, 0.15) is 34.3 Å². The number of carbonyl (C=O) groups excluding carboxylic acids is 3. The Morgan fingerprint density at radius 2 is 1.88 bits per heavy atom. The molecule has 1 atom stereocenters. The van der Waals surface area contributed by atoms with Gasteiger partial charge < -0.3 is 9.80 Å². The number of fused-ring (bicyclic) bond motifs is 1. The van der Waals surface area contributed by atoms with Crippen molar-refractivity contribution in [3.05, 3.63) is 34.9 Å². The highest BCUT2D eigenvalue weighted by molar-refractivity contribution is 6.05. The first-order valence-corrected chi connectivity index (χ1v) is 9.19. The van der Waals surface area contributed by atoms with Crippen LogP contribution in [0.25, 0.3) is 0 Å². The van der Waals surface area contributed by atoms with Gasteiger partial charge in [-0.1, -0.05) is 12.1 Å². The van der Waals surface area contributed by atoms with Gasteiger partial charge in [-0.05, 0) is 30.7 Å². The quantitative estimate of drug-likeness (QED) is 0.783. The molecule has 2 fully saturated rings. The molecule has 0 radical (unpaired) electrons. The summed E-state index contributed by atoms with van der Waals surface area (Å²) in [6, 6.07) is 5.30. The normalized spacial score (nSPS) is 24.7. The van der Waals surface area contributed by atoms with Crippen LogP contribution in [0.15, 0.2) is 18.2 Å². The van der Waals surface area contributed by atoms with Gasteiger partial charge in [-0.2, -0.15) is 0 Å². The van der Waals surface area contributed by atoms with Crippen molar-refractivity contribution in [3.63, 3.8) is 0 Å². The molecule has 7 nitrogen and oxygen atoms in total. The van der Waals surface area contributed by atoms with Crippen molar-refractivity contribution in [3.8, 4) is 0 Å². The van der Waals surface area contributed by atoms with Crippen molar-refractivity contribution >= 4 is 17.7 Å². The topological polar surface area (TPSA) is 73.0 Å². The Morgan fingerprint density at radius 3 is 2.62 bits per heavy atom. The maximum atomic E-state index is 12.9. The van der Waals surface area contributed by atoms with Gasteiger partial charge in [0.2, 0.25) is 11.8 Å². The van der Waals surface area contributed by atoms with Crippen LogP contribution in [-0.4, -0.2) is 71.7 Å². The number of carbonyl (C=O) groups is 3. The van der Waals surface area contributed by atoms with Crippen molar-refractivity contribution in [1.29, 1.82) is 0 Å². The molecular weight excluding hydrogens is 332 g/mol. The van der Waals surface area contributed by atoms with E-state index in [0.717, 1.165) is 43.9 Å². The van der Waals surface area contributed by atoms with Gasteiger partial charge in [-0.25, -0.2) is 0 Å². The number of piperidine rings is 1. The maximum absolute atomic E-state index is 12.9. The number of nitrogens with one attached hydrogen (secondary N) is 1. The summed E-state index contributed by atoms with van der Waals surface area (Å²) in [4.78, 5) is 42.8. The number of hydrogen-bond acceptors (Lipinski definition) is 5. The molecule has 138 valence electrons. The van der Waals surface area contributed by atoms with Crippen LogP contribution in [0.4, 0.5) is 0 Å². The van der Waals surface area contributed by atoms with Gasteiger partial charge in [0.1, 0.15) is 6.04 Å². The van der Waals surface area contributed by atoms with Crippen LogP contribution in [-0.2, 0) is 22.7 Å². The number of hydrogen-bond donors (Lipinski definition) is 1. The standard InChI is InChI=1S/C19H24N4O3/c1-21-7-9-22(10-8-21)11-13-3-2-4-14-15(13)12-23(19(14)26)16-5-6-17(24)20-18(16)25/h2-4,16H,5-12H2,1H3,(H,20,24,25). The minimum Gasteiger partial charge on any atom is -0.322 e. The van der Waals surface area contributed by atoms with E-state index in [9.17, 15) is 14.4 Å². The van der Waals surface area contributed by atoms with Crippen LogP contribution < -0.4 is 5.32 Å². The van der Waals surface area contributed by atoms with Crippen molar-refractivity contribution in [2.24, 2.45) is 0 Å². The summed E-state index contributed by atoms with van der Waals surface area (Å²) >= 11 is 0. The van der Waals surface area contributed by atoms with E-state index in [1.54, 1.807) is 4.90 Å². The van der Waals surface area contributed by atoms with Gasteiger partial charge in [-0.15, -0.1) is 0 Å². The maximum Gasteiger partial charge on any atom is 0.255 e. The van der Waals surface area contributed by atoms with Crippen LogP contribution in [0.2, 0.25) is 0 Å². The molecule has 0 aromatic heterocycles. The van der Waals surface area contributed by atoms with E-state index in [2.05, 4.69) is 28.2 Å². The second kappa shape index (κ2) is 6.81. The number of imide groups is 1. The molecule has 1 aromatic carbocycles. The highest BCUT2D eigenvalue weighted by atomic mass is 16.2. The molecule has 4 rings (SSSR count). The van der Waals surface area contributed by atoms with E-state index in [1.165, 1.54) is 0 Å². The molecule has 0 spiro atoms. The van der Waals surface area contributed by atoms with Crippen LogP contribution in [0.5, 0.6) is 0 Å². The third-order valence-corrected chi connectivity index (χ3v) is 5.67. The molecule has 1 aromatic rings. The fourth-order valence-electron chi connectivity index (χ4n) is 4.04. The first kappa shape index (κ1) is 17.2. The number of rotatable bonds is 3. The summed E-state index contributed by atoms with van der Waals surface area (Å²) in [5.74, 6) is -0.719. The van der Waals surface area contributed by atoms with Gasteiger partial charge in [0.05, 0.1) is 0 Å². The number of piperazine rings is 1. The summed E-state index contributed by atoms with van der Waals surface area (Å²) in [5, 5.41) is 2.35. The molecule has 3 heterocycles. The summed E-state index contributed by atoms with van der Waals surface area (Å²) in [5.41, 5.74) is 2.89. The van der Waals surface area contributed by atoms with Gasteiger partial charge >= 0.3 is 0 Å². The largest absolute Gasteiger partial charge is 0.322 e. The number of nitrogens with zero attached hydrogens (tertiary/aromatic N) is 3. The fourth-order valence-corrected chi connectivity index (χ4v) is 4.04. The number of benzene rings is 1. The Morgan fingerprint density at radius 1 is 1.12 bits per heavy atom. The molecule has 3 aliphatic rings. The third kappa shape index (κ3) is 3.12. The SMILES string of the molecule is CN1CCN(Cc2cccc3c2CN(C2CCC(=O)NC2=O)C3=O)CC1. The lowest BCUT2D eigenvalue weighted by molar-refractivity contribution is -0.136. The molecule has 0 saturated carbocycles. The Hall–Kier alpha value is -2.25. The monoisotopic (exact) mass is 356 g/mol. The number of likely N-dealkylation sites (N-methyl/N-ethyl adjacent to an activating group) is 1. The van der Waals surface area contributed by atoms with E-state index in [-0.39, 0.29) is 24.1 Å². The highest BCUT2D eigenvalue weighted by Gasteiger charge is 2.39. The van der Waals surface area contributed by atoms with Crippen molar-refractivity contribution in [2.45, 2.75) is 32.0 Å². The van der Waals surface area contributed by atoms with E-state index in [1.807, 2.05) is 12.1 Å². The molecule has 3 aliphatic heterocycles. The average molecular weight is 356 g/mol. The van der Waals surface area contributed by atoms with Crippen LogP contribution in [0.3, 0.4) is 0 Å². The Kier molecular flexibility index (Phi) is 4.50. The molecular formula is C19H24N4O3. The zero-order valence-electron chi connectivity index (χ0n) is 15.0. The number of amides is 3. The summed E-state index contributed by atoms with van der Waals surface area (Å²) in [6.45, 7) is 5.42. The van der Waals surface area contributed by atoms with Gasteiger partial charge in [0.15, 0.2) is 0 Å². The molecule has 1 N–H and O–H groups in total. The lowest BCUT2D eigenvalue weighted by Crippen LogP contribution is -2.52. The Bertz CT molecular complexity index is 755. The van der Waals surface area contributed by atoms with Gasteiger partial charge in [0, 0.05) is 51.3 Å². The van der Waals surface area contributed by atoms with Crippen molar-refractivity contribution in [2.75, 3.05) is 33.2 Å². The molecule has 3 amide bonds. The lowest BCUT2D eigenvalue weighted by Gasteiger charge is -2.32. The van der Waals surface area contributed by atoms with Crippen LogP contribution in [0, 0.1) is 0 Å². The minimum atomic E-state index is -0.552. The molecule has 26 heavy (non-hydrogen) atoms. The van der Waals surface area contributed by atoms with Gasteiger partial charge in [0.25, 0.3) is 5.91 Å². The second-order valence-corrected chi connectivity index (χ2v) is 7.42. The molecule has 7 heteroatoms. The zero-order valence-corrected chi connectivity index (χ0v) is 15.0. The predicted molar refractivity (Wildman–Crippen MR) is 95.3 cm³/mol. The zero-order chi connectivity index (χ0) is 18.3. The third-order valence-electron chi connectivity index (χ3n) is 5.67. The predicted octanol–water partition coefficient (Wildman–Crippen LogP) is 0.195. The van der Waals surface area contributed by atoms with Gasteiger partial charge in [-0.3, -0.25) is 24.6 Å². The summed E-state index contributed by atoms with van der Waals surface area (Å²) < 4.78 is 0. The summed E-state index contributed by atoms with van der Waals surface area (Å²) in [6.07, 6.45) is 0.683. The van der Waals surface area contributed by atoms with E-state index < -0.39 is 6.04 Å². The van der Waals surface area contributed by atoms with E-state index >= 15 is 0 Å². The average Bonchev–Trinajstić information content (AvgIpc) is 2.95. The smallest absolute Gasteiger partial charge is 0.255 e. The summed E-state index contributed by atoms with van der Waals surface area (Å²) in [7, 11) is 2.13.